The highest BCUT2D eigenvalue weighted by molar-refractivity contribution is 8.00. The van der Waals surface area contributed by atoms with Crippen LogP contribution in [0.25, 0.3) is 0 Å². The van der Waals surface area contributed by atoms with E-state index in [2.05, 4.69) is 5.32 Å². The zero-order valence-corrected chi connectivity index (χ0v) is 11.7. The zero-order chi connectivity index (χ0) is 14.5. The summed E-state index contributed by atoms with van der Waals surface area (Å²) in [6, 6.07) is 3.17. The van der Waals surface area contributed by atoms with Gasteiger partial charge in [-0.1, -0.05) is 0 Å². The molecule has 0 aliphatic carbocycles. The van der Waals surface area contributed by atoms with Crippen molar-refractivity contribution in [3.63, 3.8) is 0 Å². The molecule has 0 radical (unpaired) electrons. The first-order valence-electron chi connectivity index (χ1n) is 5.56. The lowest BCUT2D eigenvalue weighted by atomic mass is 10.1. The van der Waals surface area contributed by atoms with E-state index in [0.717, 1.165) is 5.56 Å². The third kappa shape index (κ3) is 4.83. The fourth-order valence-electron chi connectivity index (χ4n) is 1.60. The number of thioether (sulfide) groups is 1. The smallest absolute Gasteiger partial charge is 0.446 e. The quantitative estimate of drug-likeness (QED) is 0.817. The van der Waals surface area contributed by atoms with Gasteiger partial charge in [0.15, 0.2) is 11.5 Å². The van der Waals surface area contributed by atoms with Crippen molar-refractivity contribution in [2.75, 3.05) is 27.8 Å². The van der Waals surface area contributed by atoms with Gasteiger partial charge < -0.3 is 14.8 Å². The van der Waals surface area contributed by atoms with E-state index in [9.17, 15) is 13.2 Å². The highest BCUT2D eigenvalue weighted by Crippen LogP contribution is 2.45. The van der Waals surface area contributed by atoms with Gasteiger partial charge in [-0.25, -0.2) is 0 Å². The van der Waals surface area contributed by atoms with E-state index in [1.54, 1.807) is 13.1 Å². The lowest BCUT2D eigenvalue weighted by Gasteiger charge is -2.15. The predicted octanol–water partition coefficient (Wildman–Crippen LogP) is 3.08. The maximum atomic E-state index is 12.5. The Morgan fingerprint density at radius 2 is 1.89 bits per heavy atom. The Kier molecular flexibility index (Phi) is 5.81. The lowest BCUT2D eigenvalue weighted by Crippen LogP contribution is -2.10. The van der Waals surface area contributed by atoms with Gasteiger partial charge in [0.1, 0.15) is 0 Å². The number of hydrogen-bond acceptors (Lipinski definition) is 4. The van der Waals surface area contributed by atoms with Crippen LogP contribution in [0.1, 0.15) is 5.56 Å². The second kappa shape index (κ2) is 6.91. The van der Waals surface area contributed by atoms with Crippen molar-refractivity contribution in [3.05, 3.63) is 17.7 Å². The summed E-state index contributed by atoms with van der Waals surface area (Å²) in [5, 5.41) is 2.95. The molecule has 7 heteroatoms. The second-order valence-corrected chi connectivity index (χ2v) is 4.84. The Morgan fingerprint density at radius 1 is 1.21 bits per heavy atom. The first kappa shape index (κ1) is 16.0. The Labute approximate surface area is 114 Å². The van der Waals surface area contributed by atoms with Crippen LogP contribution in [-0.2, 0) is 6.42 Å². The molecule has 3 nitrogen and oxygen atoms in total. The summed E-state index contributed by atoms with van der Waals surface area (Å²) >= 11 is -0.196. The predicted molar refractivity (Wildman–Crippen MR) is 69.1 cm³/mol. The van der Waals surface area contributed by atoms with Crippen molar-refractivity contribution in [2.45, 2.75) is 16.8 Å². The molecule has 19 heavy (non-hydrogen) atoms. The number of ether oxygens (including phenoxy) is 2. The van der Waals surface area contributed by atoms with E-state index in [0.29, 0.717) is 18.7 Å². The molecule has 0 saturated carbocycles. The molecule has 1 rings (SSSR count). The molecular formula is C12H16F3NO2S. The molecule has 1 aromatic carbocycles. The number of hydrogen-bond donors (Lipinski definition) is 1. The molecule has 0 unspecified atom stereocenters. The Morgan fingerprint density at radius 3 is 2.37 bits per heavy atom. The fourth-order valence-corrected chi connectivity index (χ4v) is 2.33. The average molecular weight is 295 g/mol. The monoisotopic (exact) mass is 295 g/mol. The minimum atomic E-state index is -4.36. The van der Waals surface area contributed by atoms with E-state index in [1.807, 2.05) is 0 Å². The molecule has 0 amide bonds. The topological polar surface area (TPSA) is 30.5 Å². The van der Waals surface area contributed by atoms with Gasteiger partial charge in [0, 0.05) is 0 Å². The van der Waals surface area contributed by atoms with Gasteiger partial charge in [-0.15, -0.1) is 0 Å². The largest absolute Gasteiger partial charge is 0.493 e. The molecule has 0 aliphatic heterocycles. The van der Waals surface area contributed by atoms with Gasteiger partial charge in [0.25, 0.3) is 0 Å². The molecule has 1 aromatic rings. The van der Waals surface area contributed by atoms with Crippen LogP contribution < -0.4 is 14.8 Å². The van der Waals surface area contributed by atoms with Gasteiger partial charge >= 0.3 is 5.51 Å². The number of benzene rings is 1. The van der Waals surface area contributed by atoms with E-state index >= 15 is 0 Å². The van der Waals surface area contributed by atoms with Gasteiger partial charge in [-0.2, -0.15) is 13.2 Å². The maximum absolute atomic E-state index is 12.5. The maximum Gasteiger partial charge on any atom is 0.446 e. The summed E-state index contributed by atoms with van der Waals surface area (Å²) in [4.78, 5) is 0.0143. The number of methoxy groups -OCH3 is 2. The van der Waals surface area contributed by atoms with Crippen LogP contribution in [-0.4, -0.2) is 33.3 Å². The number of alkyl halides is 3. The van der Waals surface area contributed by atoms with Crippen LogP contribution in [0.3, 0.4) is 0 Å². The Balaban J connectivity index is 3.15. The average Bonchev–Trinajstić information content (AvgIpc) is 2.33. The Hall–Kier alpha value is -1.08. The van der Waals surface area contributed by atoms with E-state index in [1.165, 1.54) is 20.3 Å². The van der Waals surface area contributed by atoms with Crippen LogP contribution in [0.5, 0.6) is 11.5 Å². The van der Waals surface area contributed by atoms with Crippen LogP contribution >= 0.6 is 11.8 Å². The van der Waals surface area contributed by atoms with Crippen molar-refractivity contribution in [1.82, 2.24) is 5.32 Å². The van der Waals surface area contributed by atoms with Crippen LogP contribution in [0.15, 0.2) is 17.0 Å². The highest BCUT2D eigenvalue weighted by atomic mass is 32.2. The molecule has 0 bridgehead atoms. The van der Waals surface area contributed by atoms with Crippen LogP contribution in [0, 0.1) is 0 Å². The number of likely N-dealkylation sites (N-methyl/N-ethyl adjacent to an activating group) is 1. The third-order valence-electron chi connectivity index (χ3n) is 2.39. The third-order valence-corrected chi connectivity index (χ3v) is 3.15. The van der Waals surface area contributed by atoms with E-state index in [4.69, 9.17) is 9.47 Å². The minimum Gasteiger partial charge on any atom is -0.493 e. The summed E-state index contributed by atoms with van der Waals surface area (Å²) in [6.45, 7) is 0.672. The van der Waals surface area contributed by atoms with Crippen molar-refractivity contribution in [3.8, 4) is 11.5 Å². The zero-order valence-electron chi connectivity index (χ0n) is 10.9. The van der Waals surface area contributed by atoms with Gasteiger partial charge in [0.05, 0.1) is 19.1 Å². The molecule has 0 atom stereocenters. The van der Waals surface area contributed by atoms with E-state index < -0.39 is 5.51 Å². The molecule has 0 spiro atoms. The van der Waals surface area contributed by atoms with Crippen LogP contribution in [0.4, 0.5) is 13.2 Å². The SMILES string of the molecule is CNCCc1cc(OC)c(OC)c(SC(F)(F)F)c1. The summed E-state index contributed by atoms with van der Waals surface area (Å²) in [5.74, 6) is 0.417. The molecule has 0 aliphatic rings. The second-order valence-electron chi connectivity index (χ2n) is 3.73. The van der Waals surface area contributed by atoms with Crippen molar-refractivity contribution >= 4 is 11.8 Å². The molecule has 1 N–H and O–H groups in total. The van der Waals surface area contributed by atoms with Crippen LogP contribution in [0.2, 0.25) is 0 Å². The summed E-state index contributed by atoms with van der Waals surface area (Å²) in [7, 11) is 4.51. The standard InChI is InChI=1S/C12H16F3NO2S/c1-16-5-4-8-6-9(17-2)11(18-3)10(7-8)19-12(13,14)15/h6-7,16H,4-5H2,1-3H3. The number of nitrogens with one attached hydrogen (secondary N) is 1. The van der Waals surface area contributed by atoms with Gasteiger partial charge in [-0.05, 0) is 49.5 Å². The molecular weight excluding hydrogens is 279 g/mol. The first-order valence-corrected chi connectivity index (χ1v) is 6.38. The summed E-state index contributed by atoms with van der Waals surface area (Å²) in [6.07, 6.45) is 0.613. The molecule has 0 fully saturated rings. The number of rotatable bonds is 6. The first-order chi connectivity index (χ1) is 8.91. The van der Waals surface area contributed by atoms with Crippen molar-refractivity contribution in [2.24, 2.45) is 0 Å². The minimum absolute atomic E-state index is 0.0143. The summed E-state index contributed by atoms with van der Waals surface area (Å²) < 4.78 is 47.7. The molecule has 108 valence electrons. The normalized spacial score (nSPS) is 11.5. The lowest BCUT2D eigenvalue weighted by molar-refractivity contribution is -0.0328. The Bertz CT molecular complexity index is 424. The van der Waals surface area contributed by atoms with Crippen molar-refractivity contribution < 1.29 is 22.6 Å². The van der Waals surface area contributed by atoms with Gasteiger partial charge in [0.2, 0.25) is 0 Å². The molecule has 0 aromatic heterocycles. The number of halogens is 3. The molecule has 0 heterocycles. The van der Waals surface area contributed by atoms with E-state index in [-0.39, 0.29) is 22.4 Å². The van der Waals surface area contributed by atoms with Gasteiger partial charge in [-0.3, -0.25) is 0 Å². The fraction of sp³-hybridized carbons (Fsp3) is 0.500. The van der Waals surface area contributed by atoms with Crippen molar-refractivity contribution in [1.29, 1.82) is 0 Å². The molecule has 0 saturated heterocycles. The highest BCUT2D eigenvalue weighted by Gasteiger charge is 2.32. The summed E-state index contributed by atoms with van der Waals surface area (Å²) in [5.41, 5.74) is -3.60.